The van der Waals surface area contributed by atoms with E-state index in [0.29, 0.717) is 11.7 Å². The molecule has 3 rings (SSSR count). The molecule has 1 N–H and O–H groups in total. The Hall–Kier alpha value is -2.28. The van der Waals surface area contributed by atoms with Crippen LogP contribution < -0.4 is 0 Å². The number of fused-ring (bicyclic) bond motifs is 1. The average Bonchev–Trinajstić information content (AvgIpc) is 3.01. The molecule has 0 aromatic carbocycles. The summed E-state index contributed by atoms with van der Waals surface area (Å²) in [5.74, 6) is 0.706. The Morgan fingerprint density at radius 3 is 3.00 bits per heavy atom. The van der Waals surface area contributed by atoms with Gasteiger partial charge >= 0.3 is 5.97 Å². The number of pyridine rings is 1. The Bertz CT molecular complexity index is 794. The third-order valence-electron chi connectivity index (χ3n) is 2.90. The number of aryl methyl sites for hydroxylation is 1. The molecular formula is C14H13N3O3S. The number of carboxylic acid groups (broad SMARTS) is 1. The summed E-state index contributed by atoms with van der Waals surface area (Å²) in [7, 11) is 0. The number of carbonyl (C=O) groups is 1. The van der Waals surface area contributed by atoms with Crippen molar-refractivity contribution in [1.29, 1.82) is 0 Å². The van der Waals surface area contributed by atoms with E-state index in [2.05, 4.69) is 9.97 Å². The molecule has 7 heteroatoms. The molecule has 6 nitrogen and oxygen atoms in total. The minimum absolute atomic E-state index is 0.0412. The molecule has 0 amide bonds. The molecule has 0 radical (unpaired) electrons. The summed E-state index contributed by atoms with van der Waals surface area (Å²) in [4.78, 5) is 19.5. The topological polar surface area (TPSA) is 81.2 Å². The van der Waals surface area contributed by atoms with Crippen molar-refractivity contribution in [2.45, 2.75) is 18.6 Å². The third-order valence-corrected chi connectivity index (χ3v) is 3.86. The molecule has 0 saturated heterocycles. The van der Waals surface area contributed by atoms with Crippen LogP contribution in [-0.2, 0) is 11.3 Å². The van der Waals surface area contributed by atoms with Crippen LogP contribution in [0.4, 0.5) is 0 Å². The zero-order valence-corrected chi connectivity index (χ0v) is 12.1. The summed E-state index contributed by atoms with van der Waals surface area (Å²) in [6, 6.07) is 7.46. The lowest BCUT2D eigenvalue weighted by atomic mass is 10.4. The summed E-state index contributed by atoms with van der Waals surface area (Å²) in [6.45, 7) is 2.36. The summed E-state index contributed by atoms with van der Waals surface area (Å²) in [5.41, 5.74) is 1.47. The molecule has 0 aliphatic rings. The predicted molar refractivity (Wildman–Crippen MR) is 78.4 cm³/mol. The second kappa shape index (κ2) is 5.61. The summed E-state index contributed by atoms with van der Waals surface area (Å²) < 4.78 is 7.46. The highest BCUT2D eigenvalue weighted by Crippen LogP contribution is 2.24. The Kier molecular flexibility index (Phi) is 3.66. The Morgan fingerprint density at radius 2 is 2.29 bits per heavy atom. The van der Waals surface area contributed by atoms with Crippen LogP contribution in [-0.4, -0.2) is 31.4 Å². The van der Waals surface area contributed by atoms with Gasteiger partial charge in [-0.3, -0.25) is 9.36 Å². The van der Waals surface area contributed by atoms with Gasteiger partial charge < -0.3 is 9.52 Å². The van der Waals surface area contributed by atoms with Gasteiger partial charge in [0.25, 0.3) is 0 Å². The first-order valence-electron chi connectivity index (χ1n) is 6.34. The highest BCUT2D eigenvalue weighted by molar-refractivity contribution is 7.99. The normalized spacial score (nSPS) is 11.1. The second-order valence-electron chi connectivity index (χ2n) is 4.52. The first-order chi connectivity index (χ1) is 10.1. The molecule has 0 spiro atoms. The fourth-order valence-corrected chi connectivity index (χ4v) is 2.76. The number of hydrogen-bond donors (Lipinski definition) is 1. The molecule has 0 bridgehead atoms. The van der Waals surface area contributed by atoms with E-state index in [1.54, 1.807) is 6.20 Å². The highest BCUT2D eigenvalue weighted by Gasteiger charge is 2.15. The summed E-state index contributed by atoms with van der Waals surface area (Å²) in [5, 5.41) is 9.47. The van der Waals surface area contributed by atoms with Gasteiger partial charge in [0.05, 0.1) is 12.3 Å². The molecule has 3 aromatic heterocycles. The molecule has 108 valence electrons. The SMILES string of the molecule is Cc1ccc(Cn2c(SCC(=O)O)nc3cccnc32)o1. The fourth-order valence-electron chi connectivity index (χ4n) is 2.04. The van der Waals surface area contributed by atoms with E-state index in [9.17, 15) is 4.79 Å². The molecule has 0 unspecified atom stereocenters. The third kappa shape index (κ3) is 2.92. The van der Waals surface area contributed by atoms with Crippen LogP contribution in [0.3, 0.4) is 0 Å². The number of nitrogens with zero attached hydrogens (tertiary/aromatic N) is 3. The molecule has 0 aliphatic carbocycles. The Balaban J connectivity index is 2.00. The Morgan fingerprint density at radius 1 is 1.43 bits per heavy atom. The molecule has 3 heterocycles. The van der Waals surface area contributed by atoms with Gasteiger partial charge in [0.1, 0.15) is 17.0 Å². The fraction of sp³-hybridized carbons (Fsp3) is 0.214. The summed E-state index contributed by atoms with van der Waals surface area (Å²) >= 11 is 1.18. The van der Waals surface area contributed by atoms with Crippen LogP contribution in [0.25, 0.3) is 11.2 Å². The number of carboxylic acids is 1. The number of hydrogen-bond acceptors (Lipinski definition) is 5. The van der Waals surface area contributed by atoms with Gasteiger partial charge in [0, 0.05) is 6.20 Å². The Labute approximate surface area is 124 Å². The van der Waals surface area contributed by atoms with E-state index in [0.717, 1.165) is 22.7 Å². The lowest BCUT2D eigenvalue weighted by Gasteiger charge is -2.05. The molecule has 21 heavy (non-hydrogen) atoms. The van der Waals surface area contributed by atoms with Crippen molar-refractivity contribution in [1.82, 2.24) is 14.5 Å². The van der Waals surface area contributed by atoms with Crippen LogP contribution in [0.5, 0.6) is 0 Å². The van der Waals surface area contributed by atoms with Crippen molar-refractivity contribution in [3.63, 3.8) is 0 Å². The van der Waals surface area contributed by atoms with E-state index >= 15 is 0 Å². The van der Waals surface area contributed by atoms with Crippen LogP contribution in [0.2, 0.25) is 0 Å². The highest BCUT2D eigenvalue weighted by atomic mass is 32.2. The zero-order valence-electron chi connectivity index (χ0n) is 11.3. The van der Waals surface area contributed by atoms with Gasteiger partial charge in [0.15, 0.2) is 10.8 Å². The molecule has 0 fully saturated rings. The van der Waals surface area contributed by atoms with Gasteiger partial charge in [-0.05, 0) is 31.2 Å². The largest absolute Gasteiger partial charge is 0.481 e. The van der Waals surface area contributed by atoms with Crippen molar-refractivity contribution < 1.29 is 14.3 Å². The number of imidazole rings is 1. The van der Waals surface area contributed by atoms with Crippen LogP contribution in [0.15, 0.2) is 40.0 Å². The smallest absolute Gasteiger partial charge is 0.313 e. The van der Waals surface area contributed by atoms with Crippen LogP contribution in [0, 0.1) is 6.92 Å². The first-order valence-corrected chi connectivity index (χ1v) is 7.33. The van der Waals surface area contributed by atoms with Gasteiger partial charge in [-0.15, -0.1) is 0 Å². The first kappa shape index (κ1) is 13.7. The summed E-state index contributed by atoms with van der Waals surface area (Å²) in [6.07, 6.45) is 1.69. The lowest BCUT2D eigenvalue weighted by Crippen LogP contribution is -2.04. The quantitative estimate of drug-likeness (QED) is 0.730. The number of thioether (sulfide) groups is 1. The molecule has 3 aromatic rings. The molecule has 0 saturated carbocycles. The van der Waals surface area contributed by atoms with Crippen molar-refractivity contribution in [2.24, 2.45) is 0 Å². The van der Waals surface area contributed by atoms with Crippen molar-refractivity contribution in [3.05, 3.63) is 42.0 Å². The van der Waals surface area contributed by atoms with Crippen molar-refractivity contribution >= 4 is 28.9 Å². The number of furan rings is 1. The minimum Gasteiger partial charge on any atom is -0.481 e. The van der Waals surface area contributed by atoms with E-state index < -0.39 is 5.97 Å². The maximum absolute atomic E-state index is 10.8. The van der Waals surface area contributed by atoms with E-state index in [1.165, 1.54) is 11.8 Å². The number of aromatic nitrogens is 3. The average molecular weight is 303 g/mol. The van der Waals surface area contributed by atoms with Gasteiger partial charge in [0.2, 0.25) is 0 Å². The standard InChI is InChI=1S/C14H13N3O3S/c1-9-4-5-10(20-9)7-17-13-11(3-2-6-15-13)16-14(17)21-8-12(18)19/h2-6H,7-8H2,1H3,(H,18,19). The number of rotatable bonds is 5. The maximum atomic E-state index is 10.8. The van der Waals surface area contributed by atoms with E-state index in [1.807, 2.05) is 35.8 Å². The van der Waals surface area contributed by atoms with Crippen LogP contribution >= 0.6 is 11.8 Å². The lowest BCUT2D eigenvalue weighted by molar-refractivity contribution is -0.133. The van der Waals surface area contributed by atoms with Crippen molar-refractivity contribution in [3.8, 4) is 0 Å². The number of aliphatic carboxylic acids is 1. The maximum Gasteiger partial charge on any atom is 0.313 e. The molecular weight excluding hydrogens is 290 g/mol. The minimum atomic E-state index is -0.875. The predicted octanol–water partition coefficient (Wildman–Crippen LogP) is 2.56. The van der Waals surface area contributed by atoms with Crippen LogP contribution in [0.1, 0.15) is 11.5 Å². The molecule has 0 aliphatic heterocycles. The monoisotopic (exact) mass is 303 g/mol. The van der Waals surface area contributed by atoms with E-state index in [-0.39, 0.29) is 5.75 Å². The zero-order chi connectivity index (χ0) is 14.8. The van der Waals surface area contributed by atoms with Gasteiger partial charge in [-0.1, -0.05) is 11.8 Å². The second-order valence-corrected chi connectivity index (χ2v) is 5.46. The molecule has 0 atom stereocenters. The van der Waals surface area contributed by atoms with E-state index in [4.69, 9.17) is 9.52 Å². The van der Waals surface area contributed by atoms with Gasteiger partial charge in [-0.25, -0.2) is 9.97 Å². The van der Waals surface area contributed by atoms with Crippen molar-refractivity contribution in [2.75, 3.05) is 5.75 Å². The van der Waals surface area contributed by atoms with Gasteiger partial charge in [-0.2, -0.15) is 0 Å².